The zero-order valence-corrected chi connectivity index (χ0v) is 21.5. The van der Waals surface area contributed by atoms with Gasteiger partial charge in [0.1, 0.15) is 11.6 Å². The second kappa shape index (κ2) is 11.8. The van der Waals surface area contributed by atoms with E-state index in [4.69, 9.17) is 0 Å². The molecule has 1 saturated carbocycles. The van der Waals surface area contributed by atoms with Gasteiger partial charge in [-0.25, -0.2) is 17.9 Å². The minimum absolute atomic E-state index is 0.00287. The summed E-state index contributed by atoms with van der Waals surface area (Å²) in [6.45, 7) is 1.02. The van der Waals surface area contributed by atoms with Crippen LogP contribution in [0.4, 0.5) is 32.2 Å². The minimum Gasteiger partial charge on any atom is -0.349 e. The van der Waals surface area contributed by atoms with Crippen LogP contribution in [0.3, 0.4) is 0 Å². The van der Waals surface area contributed by atoms with Gasteiger partial charge in [0.05, 0.1) is 24.3 Å². The van der Waals surface area contributed by atoms with E-state index in [0.29, 0.717) is 5.92 Å². The van der Waals surface area contributed by atoms with Crippen molar-refractivity contribution in [1.29, 1.82) is 0 Å². The molecule has 5 rings (SSSR count). The number of rotatable bonds is 4. The van der Waals surface area contributed by atoms with Crippen LogP contribution in [0.1, 0.15) is 66.8 Å². The average Bonchev–Trinajstić information content (AvgIpc) is 3.25. The molecule has 5 nitrogen and oxygen atoms in total. The van der Waals surface area contributed by atoms with Gasteiger partial charge in [-0.2, -0.15) is 18.3 Å². The smallest absolute Gasteiger partial charge is 0.349 e. The van der Waals surface area contributed by atoms with Gasteiger partial charge in [0.15, 0.2) is 0 Å². The van der Waals surface area contributed by atoms with E-state index in [9.17, 15) is 31.1 Å². The van der Waals surface area contributed by atoms with Crippen LogP contribution >= 0.6 is 0 Å². The fraction of sp³-hybridized carbons (Fsp3) is 0.464. The summed E-state index contributed by atoms with van der Waals surface area (Å²) in [6, 6.07) is 9.79. The van der Waals surface area contributed by atoms with Gasteiger partial charge in [0, 0.05) is 25.2 Å². The molecule has 2 fully saturated rings. The fourth-order valence-electron chi connectivity index (χ4n) is 5.17. The zero-order chi connectivity index (χ0) is 28.2. The number of pyridine rings is 1. The lowest BCUT2D eigenvalue weighted by atomic mass is 9.82. The Bertz CT molecular complexity index is 1310. The molecule has 1 aromatic carbocycles. The van der Waals surface area contributed by atoms with Crippen molar-refractivity contribution in [3.63, 3.8) is 0 Å². The molecule has 0 unspecified atom stereocenters. The lowest BCUT2D eigenvalue weighted by Crippen LogP contribution is -2.30. The molecule has 11 heteroatoms. The van der Waals surface area contributed by atoms with Gasteiger partial charge in [-0.1, -0.05) is 31.4 Å². The first kappa shape index (κ1) is 28.6. The normalized spacial score (nSPS) is 17.6. The summed E-state index contributed by atoms with van der Waals surface area (Å²) in [6.07, 6.45) is 2.40. The quantitative estimate of drug-likeness (QED) is 0.337. The third-order valence-corrected chi connectivity index (χ3v) is 7.13. The van der Waals surface area contributed by atoms with E-state index in [1.54, 1.807) is 12.1 Å². The van der Waals surface area contributed by atoms with Gasteiger partial charge in [-0.15, -0.1) is 0 Å². The summed E-state index contributed by atoms with van der Waals surface area (Å²) in [7, 11) is 0. The van der Waals surface area contributed by atoms with Crippen LogP contribution < -0.4 is 10.5 Å². The highest BCUT2D eigenvalue weighted by molar-refractivity contribution is 5.39. The fourth-order valence-corrected chi connectivity index (χ4v) is 5.17. The maximum Gasteiger partial charge on any atom is 0.418 e. The Morgan fingerprint density at radius 3 is 2.41 bits per heavy atom. The molecule has 0 bridgehead atoms. The van der Waals surface area contributed by atoms with Gasteiger partial charge in [0.25, 0.3) is 11.5 Å². The zero-order valence-electron chi connectivity index (χ0n) is 21.5. The van der Waals surface area contributed by atoms with E-state index in [2.05, 4.69) is 10.1 Å². The lowest BCUT2D eigenvalue weighted by Gasteiger charge is -2.23. The average molecular weight is 553 g/mol. The maximum absolute atomic E-state index is 13.6. The Kier molecular flexibility index (Phi) is 8.66. The summed E-state index contributed by atoms with van der Waals surface area (Å²) >= 11 is 0. The van der Waals surface area contributed by atoms with Gasteiger partial charge in [0.2, 0.25) is 0 Å². The molecule has 2 aromatic heterocycles. The summed E-state index contributed by atoms with van der Waals surface area (Å²) in [5.74, 6) is -2.27. The number of alkyl halides is 5. The first-order valence-electron chi connectivity index (χ1n) is 12.9. The van der Waals surface area contributed by atoms with Crippen LogP contribution in [-0.4, -0.2) is 33.8 Å². The maximum atomic E-state index is 13.6. The highest BCUT2D eigenvalue weighted by Crippen LogP contribution is 2.35. The largest absolute Gasteiger partial charge is 0.418 e. The van der Waals surface area contributed by atoms with Crippen LogP contribution in [0.25, 0.3) is 0 Å². The number of benzene rings is 1. The van der Waals surface area contributed by atoms with Gasteiger partial charge in [-0.3, -0.25) is 9.78 Å². The molecule has 39 heavy (non-hydrogen) atoms. The van der Waals surface area contributed by atoms with E-state index >= 15 is 0 Å². The van der Waals surface area contributed by atoms with Crippen molar-refractivity contribution in [3.8, 4) is 0 Å². The van der Waals surface area contributed by atoms with Crippen molar-refractivity contribution in [2.24, 2.45) is 0 Å². The Labute approximate surface area is 222 Å². The van der Waals surface area contributed by atoms with Crippen LogP contribution in [0.15, 0.2) is 53.5 Å². The number of hydrogen-bond donors (Lipinski definition) is 0. The molecule has 2 aliphatic rings. The molecule has 0 spiro atoms. The van der Waals surface area contributed by atoms with E-state index in [1.165, 1.54) is 49.3 Å². The number of halogens is 6. The van der Waals surface area contributed by atoms with Crippen molar-refractivity contribution < 1.29 is 26.3 Å². The van der Waals surface area contributed by atoms with Crippen molar-refractivity contribution in [2.45, 2.75) is 70.0 Å². The highest BCUT2D eigenvalue weighted by atomic mass is 19.4. The highest BCUT2D eigenvalue weighted by Gasteiger charge is 2.39. The first-order chi connectivity index (χ1) is 18.4. The summed E-state index contributed by atoms with van der Waals surface area (Å²) < 4.78 is 80.1. The third kappa shape index (κ3) is 7.19. The Morgan fingerprint density at radius 1 is 1.03 bits per heavy atom. The van der Waals surface area contributed by atoms with Crippen molar-refractivity contribution in [1.82, 2.24) is 14.8 Å². The third-order valence-electron chi connectivity index (χ3n) is 7.13. The van der Waals surface area contributed by atoms with Crippen LogP contribution in [0.2, 0.25) is 0 Å². The Morgan fingerprint density at radius 2 is 1.77 bits per heavy atom. The monoisotopic (exact) mass is 552 g/mol. The Balaban J connectivity index is 0.000000212. The summed E-state index contributed by atoms with van der Waals surface area (Å²) in [5.41, 5.74) is 0.118. The van der Waals surface area contributed by atoms with Gasteiger partial charge < -0.3 is 4.90 Å². The van der Waals surface area contributed by atoms with Gasteiger partial charge in [-0.05, 0) is 61.1 Å². The molecule has 1 aliphatic carbocycles. The molecule has 1 aliphatic heterocycles. The molecular formula is C28H30F6N4O. The molecule has 0 radical (unpaired) electrons. The minimum atomic E-state index is -4.62. The predicted molar refractivity (Wildman–Crippen MR) is 136 cm³/mol. The van der Waals surface area contributed by atoms with Gasteiger partial charge >= 0.3 is 6.18 Å². The lowest BCUT2D eigenvalue weighted by molar-refractivity contribution is -0.138. The topological polar surface area (TPSA) is 51.0 Å². The molecular weight excluding hydrogens is 522 g/mol. The summed E-state index contributed by atoms with van der Waals surface area (Å²) in [4.78, 5) is 16.9. The van der Waals surface area contributed by atoms with Crippen LogP contribution in [0.5, 0.6) is 0 Å². The van der Waals surface area contributed by atoms with E-state index in [1.807, 2.05) is 13.0 Å². The number of anilines is 1. The number of aromatic nitrogens is 3. The predicted octanol–water partition coefficient (Wildman–Crippen LogP) is 6.73. The molecule has 0 atom stereocenters. The number of hydrogen-bond acceptors (Lipinski definition) is 4. The number of nitrogens with zero attached hydrogens (tertiary/aromatic N) is 4. The van der Waals surface area contributed by atoms with Crippen LogP contribution in [-0.2, 0) is 12.7 Å². The van der Waals surface area contributed by atoms with E-state index in [0.717, 1.165) is 34.0 Å². The summed E-state index contributed by atoms with van der Waals surface area (Å²) in [5, 5.41) is 3.93. The number of aryl methyl sites for hydroxylation is 1. The molecule has 210 valence electrons. The first-order valence-corrected chi connectivity index (χ1v) is 12.9. The SMILES string of the molecule is Cc1cccc(F)c1C1CCCCC1.O=c1ccc(N2CCC(F)(F)C2)nn1Cc1ncccc1C(F)(F)F. The second-order valence-corrected chi connectivity index (χ2v) is 10.0. The molecule has 3 heterocycles. The standard InChI is InChI=1S/C15H13F5N4O.C13H17F/c16-14(17)5-7-23(9-14)12-3-4-13(25)24(22-12)8-11-10(15(18,19)20)2-1-6-21-11;1-10-6-5-9-12(14)13(10)11-7-3-2-4-8-11/h1-4,6H,5,7-9H2;5-6,9,11H,2-4,7-8H2,1H3. The molecule has 0 amide bonds. The van der Waals surface area contributed by atoms with Crippen molar-refractivity contribution in [2.75, 3.05) is 18.0 Å². The Hall–Kier alpha value is -3.37. The van der Waals surface area contributed by atoms with Crippen molar-refractivity contribution in [3.05, 3.63) is 87.2 Å². The van der Waals surface area contributed by atoms with E-state index in [-0.39, 0.29) is 30.3 Å². The second-order valence-electron chi connectivity index (χ2n) is 10.0. The molecule has 1 saturated heterocycles. The van der Waals surface area contributed by atoms with Crippen molar-refractivity contribution >= 4 is 5.82 Å². The molecule has 0 N–H and O–H groups in total. The van der Waals surface area contributed by atoms with E-state index < -0.39 is 36.3 Å². The van der Waals surface area contributed by atoms with Crippen LogP contribution in [0, 0.1) is 12.7 Å². The molecule has 3 aromatic rings.